The predicted octanol–water partition coefficient (Wildman–Crippen LogP) is 3.04. The van der Waals surface area contributed by atoms with Crippen molar-refractivity contribution < 1.29 is 23.9 Å². The molecule has 37 heavy (non-hydrogen) atoms. The summed E-state index contributed by atoms with van der Waals surface area (Å²) in [6.07, 6.45) is 2.27. The standard InChI is InChI=1S/C28H34N4O5/c1-20(33)29-25-24(34)23(15-18-32(25)22-13-7-3-8-14-22)30-26(35)28(16-9-4-10-17-28)31-27(36)37-19-21-11-5-2-6-12-21/h2-3,5-8,11-14,23,25H,4,9-10,15-19H2,1H3,(H,29,33)(H,30,35)(H,31,36). The van der Waals surface area contributed by atoms with Crippen LogP contribution in [0.25, 0.3) is 0 Å². The molecule has 2 atom stereocenters. The first-order valence-electron chi connectivity index (χ1n) is 12.8. The zero-order valence-corrected chi connectivity index (χ0v) is 21.1. The van der Waals surface area contributed by atoms with Gasteiger partial charge in [0.2, 0.25) is 11.8 Å². The van der Waals surface area contributed by atoms with E-state index < -0.39 is 29.7 Å². The van der Waals surface area contributed by atoms with Gasteiger partial charge in [-0.15, -0.1) is 0 Å². The molecule has 0 aromatic heterocycles. The molecule has 2 aromatic carbocycles. The van der Waals surface area contributed by atoms with Gasteiger partial charge in [-0.1, -0.05) is 67.8 Å². The molecule has 1 saturated heterocycles. The topological polar surface area (TPSA) is 117 Å². The minimum Gasteiger partial charge on any atom is -0.445 e. The van der Waals surface area contributed by atoms with Crippen LogP contribution in [0, 0.1) is 0 Å². The first-order valence-corrected chi connectivity index (χ1v) is 12.8. The second-order valence-corrected chi connectivity index (χ2v) is 9.68. The van der Waals surface area contributed by atoms with E-state index in [1.807, 2.05) is 65.6 Å². The highest BCUT2D eigenvalue weighted by Gasteiger charge is 2.45. The largest absolute Gasteiger partial charge is 0.445 e. The fraction of sp³-hybridized carbons (Fsp3) is 0.429. The van der Waals surface area contributed by atoms with Gasteiger partial charge >= 0.3 is 6.09 Å². The molecule has 2 aromatic rings. The Labute approximate surface area is 216 Å². The molecular weight excluding hydrogens is 472 g/mol. The number of ketones is 1. The highest BCUT2D eigenvalue weighted by atomic mass is 16.5. The van der Waals surface area contributed by atoms with Crippen molar-refractivity contribution >= 4 is 29.4 Å². The summed E-state index contributed by atoms with van der Waals surface area (Å²) in [6.45, 7) is 1.92. The van der Waals surface area contributed by atoms with E-state index in [2.05, 4.69) is 16.0 Å². The van der Waals surface area contributed by atoms with Crippen molar-refractivity contribution in [1.29, 1.82) is 0 Å². The Balaban J connectivity index is 1.45. The highest BCUT2D eigenvalue weighted by Crippen LogP contribution is 2.30. The highest BCUT2D eigenvalue weighted by molar-refractivity contribution is 5.99. The van der Waals surface area contributed by atoms with Gasteiger partial charge in [0, 0.05) is 19.2 Å². The fourth-order valence-electron chi connectivity index (χ4n) is 5.08. The minimum absolute atomic E-state index is 0.0964. The van der Waals surface area contributed by atoms with Crippen LogP contribution in [0.5, 0.6) is 0 Å². The third-order valence-electron chi connectivity index (χ3n) is 7.01. The number of rotatable bonds is 7. The Hall–Kier alpha value is -3.88. The number of hydrogen-bond donors (Lipinski definition) is 3. The molecule has 0 bridgehead atoms. The Kier molecular flexibility index (Phi) is 8.43. The summed E-state index contributed by atoms with van der Waals surface area (Å²) in [6, 6.07) is 17.9. The van der Waals surface area contributed by atoms with E-state index in [0.717, 1.165) is 30.5 Å². The van der Waals surface area contributed by atoms with Crippen LogP contribution in [0.3, 0.4) is 0 Å². The van der Waals surface area contributed by atoms with E-state index in [9.17, 15) is 19.2 Å². The molecule has 0 spiro atoms. The van der Waals surface area contributed by atoms with Gasteiger partial charge in [0.05, 0.1) is 6.04 Å². The number of carbonyl (C=O) groups excluding carboxylic acids is 4. The summed E-state index contributed by atoms with van der Waals surface area (Å²) >= 11 is 0. The molecule has 0 radical (unpaired) electrons. The third-order valence-corrected chi connectivity index (χ3v) is 7.01. The van der Waals surface area contributed by atoms with Crippen molar-refractivity contribution in [2.75, 3.05) is 11.4 Å². The number of nitrogens with zero attached hydrogens (tertiary/aromatic N) is 1. The summed E-state index contributed by atoms with van der Waals surface area (Å²) in [5, 5.41) is 8.45. The van der Waals surface area contributed by atoms with Gasteiger partial charge in [-0.3, -0.25) is 14.4 Å². The second kappa shape index (κ2) is 11.9. The summed E-state index contributed by atoms with van der Waals surface area (Å²) in [5.74, 6) is -1.02. The molecule has 1 aliphatic heterocycles. The summed E-state index contributed by atoms with van der Waals surface area (Å²) in [4.78, 5) is 53.5. The van der Waals surface area contributed by atoms with Crippen molar-refractivity contribution in [3.63, 3.8) is 0 Å². The van der Waals surface area contributed by atoms with Gasteiger partial charge in [-0.05, 0) is 37.0 Å². The molecule has 4 rings (SSSR count). The molecule has 3 N–H and O–H groups in total. The number of nitrogens with one attached hydrogen (secondary N) is 3. The maximum Gasteiger partial charge on any atom is 0.408 e. The van der Waals surface area contributed by atoms with Crippen molar-refractivity contribution in [1.82, 2.24) is 16.0 Å². The molecule has 2 fully saturated rings. The van der Waals surface area contributed by atoms with Crippen molar-refractivity contribution in [2.45, 2.75) is 69.8 Å². The van der Waals surface area contributed by atoms with E-state index in [1.165, 1.54) is 6.92 Å². The van der Waals surface area contributed by atoms with Crippen LogP contribution in [-0.4, -0.2) is 48.0 Å². The van der Waals surface area contributed by atoms with Gasteiger partial charge < -0.3 is 25.6 Å². The second-order valence-electron chi connectivity index (χ2n) is 9.68. The normalized spacial score (nSPS) is 21.0. The van der Waals surface area contributed by atoms with E-state index in [4.69, 9.17) is 4.74 Å². The first-order chi connectivity index (χ1) is 17.9. The molecular formula is C28H34N4O5. The number of hydrogen-bond acceptors (Lipinski definition) is 6. The van der Waals surface area contributed by atoms with Crippen molar-refractivity contribution in [3.05, 3.63) is 66.2 Å². The Morgan fingerprint density at radius 2 is 1.59 bits per heavy atom. The first kappa shape index (κ1) is 26.2. The molecule has 1 heterocycles. The van der Waals surface area contributed by atoms with Gasteiger partial charge in [0.1, 0.15) is 12.1 Å². The number of piperidine rings is 1. The number of alkyl carbamates (subject to hydrolysis) is 1. The van der Waals surface area contributed by atoms with Crippen LogP contribution in [0.4, 0.5) is 10.5 Å². The van der Waals surface area contributed by atoms with E-state index in [-0.39, 0.29) is 18.3 Å². The Morgan fingerprint density at radius 1 is 0.946 bits per heavy atom. The maximum atomic E-state index is 13.6. The average molecular weight is 507 g/mol. The molecule has 2 unspecified atom stereocenters. The molecule has 1 aliphatic carbocycles. The van der Waals surface area contributed by atoms with Crippen LogP contribution in [0.2, 0.25) is 0 Å². The Bertz CT molecular complexity index is 1100. The van der Waals surface area contributed by atoms with Crippen LogP contribution >= 0.6 is 0 Å². The van der Waals surface area contributed by atoms with Gasteiger partial charge in [-0.25, -0.2) is 4.79 Å². The molecule has 9 nitrogen and oxygen atoms in total. The minimum atomic E-state index is -1.15. The van der Waals surface area contributed by atoms with E-state index in [0.29, 0.717) is 25.8 Å². The molecule has 2 aliphatic rings. The lowest BCUT2D eigenvalue weighted by atomic mass is 9.80. The number of Topliss-reactive ketones (excluding diaryl/α,β-unsaturated/α-hetero) is 1. The number of benzene rings is 2. The number of amides is 3. The van der Waals surface area contributed by atoms with Crippen molar-refractivity contribution in [3.8, 4) is 0 Å². The smallest absolute Gasteiger partial charge is 0.408 e. The lowest BCUT2D eigenvalue weighted by Crippen LogP contribution is -2.67. The van der Waals surface area contributed by atoms with Gasteiger partial charge in [-0.2, -0.15) is 0 Å². The lowest BCUT2D eigenvalue weighted by Gasteiger charge is -2.42. The summed E-state index contributed by atoms with van der Waals surface area (Å²) in [5.41, 5.74) is 0.511. The zero-order valence-electron chi connectivity index (χ0n) is 21.1. The number of anilines is 1. The quantitative estimate of drug-likeness (QED) is 0.532. The van der Waals surface area contributed by atoms with Crippen LogP contribution < -0.4 is 20.9 Å². The SMILES string of the molecule is CC(=O)NC1C(=O)C(NC(=O)C2(NC(=O)OCc3ccccc3)CCCCC2)CCN1c1ccccc1. The maximum absolute atomic E-state index is 13.6. The number of carbonyl (C=O) groups is 4. The van der Waals surface area contributed by atoms with Crippen LogP contribution in [-0.2, 0) is 25.7 Å². The summed E-state index contributed by atoms with van der Waals surface area (Å²) in [7, 11) is 0. The fourth-order valence-corrected chi connectivity index (χ4v) is 5.08. The third kappa shape index (κ3) is 6.47. The molecule has 3 amide bonds. The molecule has 196 valence electrons. The predicted molar refractivity (Wildman–Crippen MR) is 139 cm³/mol. The Morgan fingerprint density at radius 3 is 2.24 bits per heavy atom. The molecule has 9 heteroatoms. The lowest BCUT2D eigenvalue weighted by molar-refractivity contribution is -0.135. The van der Waals surface area contributed by atoms with E-state index in [1.54, 1.807) is 0 Å². The zero-order chi connectivity index (χ0) is 26.3. The van der Waals surface area contributed by atoms with Gasteiger partial charge in [0.25, 0.3) is 0 Å². The van der Waals surface area contributed by atoms with Crippen LogP contribution in [0.15, 0.2) is 60.7 Å². The van der Waals surface area contributed by atoms with Crippen molar-refractivity contribution in [2.24, 2.45) is 0 Å². The average Bonchev–Trinajstić information content (AvgIpc) is 2.91. The molecule has 1 saturated carbocycles. The monoisotopic (exact) mass is 506 g/mol. The number of para-hydroxylation sites is 1. The summed E-state index contributed by atoms with van der Waals surface area (Å²) < 4.78 is 5.39. The number of ether oxygens (including phenoxy) is 1. The van der Waals surface area contributed by atoms with E-state index >= 15 is 0 Å². The van der Waals surface area contributed by atoms with Crippen LogP contribution in [0.1, 0.15) is 51.0 Å². The van der Waals surface area contributed by atoms with Gasteiger partial charge in [0.15, 0.2) is 11.9 Å².